The van der Waals surface area contributed by atoms with Crippen molar-refractivity contribution in [3.05, 3.63) is 99.2 Å². The van der Waals surface area contributed by atoms with Crippen molar-refractivity contribution in [1.29, 1.82) is 0 Å². The van der Waals surface area contributed by atoms with Crippen molar-refractivity contribution in [2.45, 2.75) is 58.3 Å². The number of alkyl halides is 3. The Bertz CT molecular complexity index is 1640. The van der Waals surface area contributed by atoms with E-state index in [0.717, 1.165) is 54.2 Å². The van der Waals surface area contributed by atoms with E-state index in [0.29, 0.717) is 11.3 Å². The molecule has 4 aromatic rings. The van der Waals surface area contributed by atoms with Crippen LogP contribution in [0, 0.1) is 0 Å². The monoisotopic (exact) mass is 626 g/mol. The van der Waals surface area contributed by atoms with Crippen LogP contribution in [0.4, 0.5) is 18.9 Å². The number of ether oxygens (including phenoxy) is 3. The molecule has 1 aliphatic heterocycles. The first-order valence-corrected chi connectivity index (χ1v) is 14.6. The summed E-state index contributed by atoms with van der Waals surface area (Å²) < 4.78 is 61.3. The summed E-state index contributed by atoms with van der Waals surface area (Å²) in [7, 11) is 3.16. The van der Waals surface area contributed by atoms with Crippen molar-refractivity contribution >= 4 is 5.69 Å². The highest BCUT2D eigenvalue weighted by Crippen LogP contribution is 2.32. The number of nitrogens with zero attached hydrogens (tertiary/aromatic N) is 5. The minimum Gasteiger partial charge on any atom is -0.497 e. The zero-order valence-corrected chi connectivity index (χ0v) is 25.7. The Morgan fingerprint density at radius 1 is 0.933 bits per heavy atom. The van der Waals surface area contributed by atoms with Gasteiger partial charge in [-0.25, -0.2) is 4.68 Å². The fourth-order valence-corrected chi connectivity index (χ4v) is 5.24. The molecule has 0 fully saturated rings. The molecule has 2 aromatic carbocycles. The average Bonchev–Trinajstić information content (AvgIpc) is 3.45. The Kier molecular flexibility index (Phi) is 9.78. The third kappa shape index (κ3) is 7.84. The van der Waals surface area contributed by atoms with E-state index in [4.69, 9.17) is 19.3 Å². The third-order valence-electron chi connectivity index (χ3n) is 7.69. The number of hydrogen-bond acceptors (Lipinski definition) is 8. The van der Waals surface area contributed by atoms with E-state index in [-0.39, 0.29) is 19.3 Å². The summed E-state index contributed by atoms with van der Waals surface area (Å²) in [5, 5.41) is 11.5. The van der Waals surface area contributed by atoms with Gasteiger partial charge < -0.3 is 19.5 Å². The Morgan fingerprint density at radius 2 is 1.56 bits per heavy atom. The Morgan fingerprint density at radius 3 is 2.16 bits per heavy atom. The fraction of sp³-hybridized carbons (Fsp3) is 0.406. The van der Waals surface area contributed by atoms with E-state index in [2.05, 4.69) is 27.4 Å². The zero-order valence-electron chi connectivity index (χ0n) is 25.7. The summed E-state index contributed by atoms with van der Waals surface area (Å²) in [5.74, 6) is 1.42. The van der Waals surface area contributed by atoms with Crippen LogP contribution in [0.1, 0.15) is 48.0 Å². The highest BCUT2D eigenvalue weighted by atomic mass is 19.4. The van der Waals surface area contributed by atoms with Gasteiger partial charge >= 0.3 is 6.18 Å². The molecule has 1 unspecified atom stereocenters. The second-order valence-corrected chi connectivity index (χ2v) is 11.1. The number of nitrogens with one attached hydrogen (secondary N) is 1. The average molecular weight is 627 g/mol. The van der Waals surface area contributed by atoms with Crippen LogP contribution in [-0.4, -0.2) is 57.9 Å². The maximum absolute atomic E-state index is 14.1. The molecule has 13 heteroatoms. The van der Waals surface area contributed by atoms with Gasteiger partial charge in [0.25, 0.3) is 5.56 Å². The number of fused-ring (bicyclic) bond motifs is 1. The Hall–Kier alpha value is -4.36. The summed E-state index contributed by atoms with van der Waals surface area (Å²) >= 11 is 0. The van der Waals surface area contributed by atoms with Gasteiger partial charge in [-0.15, -0.1) is 0 Å². The normalized spacial score (nSPS) is 14.9. The molecule has 45 heavy (non-hydrogen) atoms. The molecule has 2 atom stereocenters. The van der Waals surface area contributed by atoms with Gasteiger partial charge in [-0.05, 0) is 55.3 Å². The fourth-order valence-electron chi connectivity index (χ4n) is 5.24. The third-order valence-corrected chi connectivity index (χ3v) is 7.69. The minimum absolute atomic E-state index is 0.0825. The lowest BCUT2D eigenvalue weighted by Crippen LogP contribution is -2.34. The van der Waals surface area contributed by atoms with Gasteiger partial charge in [-0.1, -0.05) is 24.3 Å². The molecule has 0 amide bonds. The number of benzene rings is 2. The summed E-state index contributed by atoms with van der Waals surface area (Å²) in [5.41, 5.74) is 0.712. The van der Waals surface area contributed by atoms with Crippen molar-refractivity contribution in [2.24, 2.45) is 0 Å². The van der Waals surface area contributed by atoms with E-state index in [1.54, 1.807) is 38.3 Å². The molecule has 0 aliphatic carbocycles. The standard InChI is InChI=1S/C32H37F3N6O4/c1-21(37-29-16-36-41(31(42)30(29)32(33,34)35)18-24-7-11-27(44-4)12-8-24)20-45-22(2)28-15-25-19-39(13-14-40(25)38-28)17-23-5-9-26(43-3)10-6-23/h5-12,15-16,21-22,37H,13-14,17-20H2,1-4H3/t21-,22?/m0/s1. The zero-order chi connectivity index (χ0) is 32.1. The molecule has 0 radical (unpaired) electrons. The van der Waals surface area contributed by atoms with Crippen LogP contribution < -0.4 is 20.3 Å². The van der Waals surface area contributed by atoms with Crippen LogP contribution >= 0.6 is 0 Å². The molecule has 10 nitrogen and oxygen atoms in total. The topological polar surface area (TPSA) is 95.7 Å². The Labute approximate surface area is 259 Å². The van der Waals surface area contributed by atoms with Crippen molar-refractivity contribution in [3.63, 3.8) is 0 Å². The number of aromatic nitrogens is 4. The van der Waals surface area contributed by atoms with Crippen molar-refractivity contribution in [1.82, 2.24) is 24.5 Å². The quantitative estimate of drug-likeness (QED) is 0.232. The van der Waals surface area contributed by atoms with E-state index < -0.39 is 29.0 Å². The lowest BCUT2D eigenvalue weighted by atomic mass is 10.2. The number of hydrogen-bond donors (Lipinski definition) is 1. The molecule has 0 spiro atoms. The van der Waals surface area contributed by atoms with Crippen LogP contribution in [-0.2, 0) is 37.1 Å². The van der Waals surface area contributed by atoms with Crippen LogP contribution in [0.25, 0.3) is 0 Å². The Balaban J connectivity index is 1.19. The summed E-state index contributed by atoms with van der Waals surface area (Å²) in [4.78, 5) is 15.3. The summed E-state index contributed by atoms with van der Waals surface area (Å²) in [6.07, 6.45) is -4.23. The molecule has 5 rings (SSSR count). The number of halogens is 3. The van der Waals surface area contributed by atoms with E-state index in [1.807, 2.05) is 29.8 Å². The maximum atomic E-state index is 14.1. The van der Waals surface area contributed by atoms with Gasteiger partial charge in [0.15, 0.2) is 0 Å². The highest BCUT2D eigenvalue weighted by Gasteiger charge is 2.38. The van der Waals surface area contributed by atoms with Crippen LogP contribution in [0.5, 0.6) is 11.5 Å². The van der Waals surface area contributed by atoms with E-state index in [1.165, 1.54) is 12.7 Å². The SMILES string of the molecule is COc1ccc(CN2CCn3nc(C(C)OC[C@H](C)Nc4cnn(Cc5ccc(OC)cc5)c(=O)c4C(F)(F)F)cc3C2)cc1. The molecule has 0 saturated heterocycles. The van der Waals surface area contributed by atoms with Crippen LogP contribution in [0.15, 0.2) is 65.6 Å². The maximum Gasteiger partial charge on any atom is 0.423 e. The van der Waals surface area contributed by atoms with Crippen LogP contribution in [0.3, 0.4) is 0 Å². The molecule has 1 aliphatic rings. The molecular weight excluding hydrogens is 589 g/mol. The van der Waals surface area contributed by atoms with Crippen molar-refractivity contribution < 1.29 is 27.4 Å². The van der Waals surface area contributed by atoms with Gasteiger partial charge in [-0.3, -0.25) is 14.4 Å². The smallest absolute Gasteiger partial charge is 0.423 e. The number of rotatable bonds is 12. The first-order valence-electron chi connectivity index (χ1n) is 14.6. The van der Waals surface area contributed by atoms with Crippen molar-refractivity contribution in [2.75, 3.05) is 32.7 Å². The van der Waals surface area contributed by atoms with Gasteiger partial charge in [0.05, 0.1) is 63.3 Å². The van der Waals surface area contributed by atoms with Crippen molar-refractivity contribution in [3.8, 4) is 11.5 Å². The molecule has 1 N–H and O–H groups in total. The lowest BCUT2D eigenvalue weighted by molar-refractivity contribution is -0.138. The first kappa shape index (κ1) is 32.0. The van der Waals surface area contributed by atoms with Gasteiger partial charge in [0.1, 0.15) is 17.1 Å². The van der Waals surface area contributed by atoms with Crippen LogP contribution in [0.2, 0.25) is 0 Å². The molecule has 0 bridgehead atoms. The summed E-state index contributed by atoms with van der Waals surface area (Å²) in [6, 6.07) is 16.2. The molecule has 3 heterocycles. The predicted octanol–water partition coefficient (Wildman–Crippen LogP) is 5.12. The molecule has 240 valence electrons. The predicted molar refractivity (Wildman–Crippen MR) is 162 cm³/mol. The first-order chi connectivity index (χ1) is 21.5. The number of anilines is 1. The number of methoxy groups -OCH3 is 2. The second kappa shape index (κ2) is 13.7. The molecular formula is C32H37F3N6O4. The van der Waals surface area contributed by atoms with Gasteiger partial charge in [0.2, 0.25) is 0 Å². The lowest BCUT2D eigenvalue weighted by Gasteiger charge is -2.27. The van der Waals surface area contributed by atoms with Gasteiger partial charge in [-0.2, -0.15) is 23.4 Å². The second-order valence-electron chi connectivity index (χ2n) is 11.1. The minimum atomic E-state index is -4.88. The van der Waals surface area contributed by atoms with Gasteiger partial charge in [0, 0.05) is 25.7 Å². The summed E-state index contributed by atoms with van der Waals surface area (Å²) in [6.45, 7) is 6.65. The van der Waals surface area contributed by atoms with E-state index in [9.17, 15) is 18.0 Å². The largest absolute Gasteiger partial charge is 0.497 e. The molecule has 2 aromatic heterocycles. The highest BCUT2D eigenvalue weighted by molar-refractivity contribution is 5.50. The molecule has 0 saturated carbocycles. The van der Waals surface area contributed by atoms with E-state index >= 15 is 0 Å².